The van der Waals surface area contributed by atoms with Crippen LogP contribution in [0.2, 0.25) is 0 Å². The summed E-state index contributed by atoms with van der Waals surface area (Å²) in [6, 6.07) is 6.97. The number of rotatable bonds is 5. The first kappa shape index (κ1) is 15.4. The molecule has 0 spiro atoms. The van der Waals surface area contributed by atoms with Crippen LogP contribution >= 0.6 is 12.6 Å². The maximum absolute atomic E-state index is 13.8. The Bertz CT molecular complexity index is 373. The van der Waals surface area contributed by atoms with Crippen molar-refractivity contribution in [3.63, 3.8) is 0 Å². The summed E-state index contributed by atoms with van der Waals surface area (Å²) in [5.74, 6) is 1.10. The minimum absolute atomic E-state index is 0.147. The third-order valence-corrected chi connectivity index (χ3v) is 3.90. The predicted octanol–water partition coefficient (Wildman–Crippen LogP) is 4.24. The minimum Gasteiger partial charge on any atom is -0.369 e. The lowest BCUT2D eigenvalue weighted by Gasteiger charge is -2.35. The summed E-state index contributed by atoms with van der Waals surface area (Å²) in [4.78, 5) is 2.10. The highest BCUT2D eigenvalue weighted by molar-refractivity contribution is 7.80. The van der Waals surface area contributed by atoms with Crippen molar-refractivity contribution in [2.45, 2.75) is 27.7 Å². The van der Waals surface area contributed by atoms with Crippen LogP contribution in [0.1, 0.15) is 27.7 Å². The van der Waals surface area contributed by atoms with Gasteiger partial charge in [0.15, 0.2) is 0 Å². The first-order valence-corrected chi connectivity index (χ1v) is 7.13. The molecule has 0 aliphatic heterocycles. The first-order chi connectivity index (χ1) is 8.40. The van der Waals surface area contributed by atoms with Gasteiger partial charge in [-0.15, -0.1) is 0 Å². The summed E-state index contributed by atoms with van der Waals surface area (Å²) in [7, 11) is 0. The maximum Gasteiger partial charge on any atom is 0.146 e. The van der Waals surface area contributed by atoms with E-state index in [0.717, 1.165) is 18.8 Å². The van der Waals surface area contributed by atoms with Gasteiger partial charge in [-0.1, -0.05) is 32.9 Å². The normalized spacial score (nSPS) is 13.4. The van der Waals surface area contributed by atoms with E-state index in [4.69, 9.17) is 0 Å². The molecule has 1 atom stereocenters. The van der Waals surface area contributed by atoms with Gasteiger partial charge in [0.1, 0.15) is 5.82 Å². The second-order valence-corrected chi connectivity index (χ2v) is 6.10. The Balaban J connectivity index is 2.88. The van der Waals surface area contributed by atoms with Crippen molar-refractivity contribution in [1.82, 2.24) is 0 Å². The SMILES string of the molecule is CCN(CC(CS)C(C)(C)C)c1ccccc1F. The van der Waals surface area contributed by atoms with Crippen LogP contribution in [0.25, 0.3) is 0 Å². The summed E-state index contributed by atoms with van der Waals surface area (Å²) in [6.45, 7) is 10.3. The van der Waals surface area contributed by atoms with Crippen LogP contribution in [0.15, 0.2) is 24.3 Å². The third kappa shape index (κ3) is 3.91. The molecular formula is C15H24FNS. The van der Waals surface area contributed by atoms with Crippen LogP contribution in [0.4, 0.5) is 10.1 Å². The molecule has 0 aliphatic carbocycles. The van der Waals surface area contributed by atoms with E-state index in [2.05, 4.69) is 45.2 Å². The average molecular weight is 269 g/mol. The second-order valence-electron chi connectivity index (χ2n) is 5.74. The fourth-order valence-electron chi connectivity index (χ4n) is 1.98. The Hall–Kier alpha value is -0.700. The average Bonchev–Trinajstić information content (AvgIpc) is 2.30. The number of anilines is 1. The van der Waals surface area contributed by atoms with Crippen LogP contribution in [0.3, 0.4) is 0 Å². The van der Waals surface area contributed by atoms with Crippen molar-refractivity contribution in [3.8, 4) is 0 Å². The van der Waals surface area contributed by atoms with E-state index in [9.17, 15) is 4.39 Å². The van der Waals surface area contributed by atoms with E-state index in [1.54, 1.807) is 6.07 Å². The molecule has 3 heteroatoms. The zero-order valence-corrected chi connectivity index (χ0v) is 12.7. The molecular weight excluding hydrogens is 245 g/mol. The fourth-order valence-corrected chi connectivity index (χ4v) is 2.64. The number of thiol groups is 1. The molecule has 0 saturated heterocycles. The van der Waals surface area contributed by atoms with E-state index in [0.29, 0.717) is 11.6 Å². The molecule has 0 bridgehead atoms. The smallest absolute Gasteiger partial charge is 0.146 e. The predicted molar refractivity (Wildman–Crippen MR) is 81.1 cm³/mol. The highest BCUT2D eigenvalue weighted by Crippen LogP contribution is 2.29. The fraction of sp³-hybridized carbons (Fsp3) is 0.600. The summed E-state index contributed by atoms with van der Waals surface area (Å²) >= 11 is 4.44. The number of para-hydroxylation sites is 1. The molecule has 0 radical (unpaired) electrons. The van der Waals surface area contributed by atoms with Crippen molar-refractivity contribution in [3.05, 3.63) is 30.1 Å². The van der Waals surface area contributed by atoms with Crippen LogP contribution in [0, 0.1) is 17.2 Å². The Labute approximate surface area is 116 Å². The molecule has 1 unspecified atom stereocenters. The Morgan fingerprint density at radius 2 is 1.89 bits per heavy atom. The molecule has 18 heavy (non-hydrogen) atoms. The lowest BCUT2D eigenvalue weighted by Crippen LogP contribution is -2.37. The highest BCUT2D eigenvalue weighted by Gasteiger charge is 2.25. The molecule has 0 fully saturated rings. The molecule has 1 rings (SSSR count). The van der Waals surface area contributed by atoms with Crippen LogP contribution < -0.4 is 4.90 Å². The zero-order chi connectivity index (χ0) is 13.8. The molecule has 1 aromatic carbocycles. The Morgan fingerprint density at radius 1 is 1.28 bits per heavy atom. The van der Waals surface area contributed by atoms with Gasteiger partial charge in [0.2, 0.25) is 0 Å². The molecule has 0 saturated carbocycles. The number of hydrogen-bond acceptors (Lipinski definition) is 2. The number of benzene rings is 1. The van der Waals surface area contributed by atoms with Crippen molar-refractivity contribution in [2.24, 2.45) is 11.3 Å². The number of hydrogen-bond donors (Lipinski definition) is 1. The van der Waals surface area contributed by atoms with Crippen LogP contribution in [-0.4, -0.2) is 18.8 Å². The summed E-state index contributed by atoms with van der Waals surface area (Å²) in [5.41, 5.74) is 0.872. The van der Waals surface area contributed by atoms with Gasteiger partial charge in [-0.3, -0.25) is 0 Å². The Kier molecular flexibility index (Phi) is 5.51. The molecule has 1 aromatic rings. The minimum atomic E-state index is -0.147. The van der Waals surface area contributed by atoms with Crippen molar-refractivity contribution in [1.29, 1.82) is 0 Å². The molecule has 102 valence electrons. The van der Waals surface area contributed by atoms with Crippen molar-refractivity contribution >= 4 is 18.3 Å². The first-order valence-electron chi connectivity index (χ1n) is 6.50. The lowest BCUT2D eigenvalue weighted by atomic mass is 9.81. The quantitative estimate of drug-likeness (QED) is 0.782. The van der Waals surface area contributed by atoms with E-state index >= 15 is 0 Å². The van der Waals surface area contributed by atoms with Crippen molar-refractivity contribution < 1.29 is 4.39 Å². The van der Waals surface area contributed by atoms with Gasteiger partial charge < -0.3 is 4.90 Å². The lowest BCUT2D eigenvalue weighted by molar-refractivity contribution is 0.269. The monoisotopic (exact) mass is 269 g/mol. The van der Waals surface area contributed by atoms with Gasteiger partial charge in [-0.25, -0.2) is 4.39 Å². The van der Waals surface area contributed by atoms with Crippen LogP contribution in [0.5, 0.6) is 0 Å². The van der Waals surface area contributed by atoms with E-state index in [-0.39, 0.29) is 11.2 Å². The second kappa shape index (κ2) is 6.46. The van der Waals surface area contributed by atoms with Gasteiger partial charge in [-0.2, -0.15) is 12.6 Å². The zero-order valence-electron chi connectivity index (χ0n) is 11.8. The molecule has 0 amide bonds. The van der Waals surface area contributed by atoms with Crippen LogP contribution in [-0.2, 0) is 0 Å². The van der Waals surface area contributed by atoms with E-state index in [1.165, 1.54) is 6.07 Å². The summed E-state index contributed by atoms with van der Waals surface area (Å²) in [5, 5.41) is 0. The molecule has 0 N–H and O–H groups in total. The third-order valence-electron chi connectivity index (χ3n) is 3.46. The van der Waals surface area contributed by atoms with Gasteiger partial charge in [0.25, 0.3) is 0 Å². The highest BCUT2D eigenvalue weighted by atomic mass is 32.1. The molecule has 1 nitrogen and oxygen atoms in total. The number of nitrogens with zero attached hydrogens (tertiary/aromatic N) is 1. The topological polar surface area (TPSA) is 3.24 Å². The molecule has 0 aromatic heterocycles. The van der Waals surface area contributed by atoms with E-state index in [1.807, 2.05) is 12.1 Å². The largest absolute Gasteiger partial charge is 0.369 e. The summed E-state index contributed by atoms with van der Waals surface area (Å²) < 4.78 is 13.8. The number of halogens is 1. The van der Waals surface area contributed by atoms with Gasteiger partial charge in [-0.05, 0) is 36.1 Å². The molecule has 0 heterocycles. The van der Waals surface area contributed by atoms with Gasteiger partial charge >= 0.3 is 0 Å². The van der Waals surface area contributed by atoms with Crippen molar-refractivity contribution in [2.75, 3.05) is 23.7 Å². The van der Waals surface area contributed by atoms with Gasteiger partial charge in [0.05, 0.1) is 5.69 Å². The standard InChI is InChI=1S/C15H24FNS/c1-5-17(10-12(11-18)15(2,3)4)14-9-7-6-8-13(14)16/h6-9,12,18H,5,10-11H2,1-4H3. The molecule has 0 aliphatic rings. The van der Waals surface area contributed by atoms with E-state index < -0.39 is 0 Å². The van der Waals surface area contributed by atoms with Gasteiger partial charge in [0, 0.05) is 13.1 Å². The maximum atomic E-state index is 13.8. The Morgan fingerprint density at radius 3 is 2.33 bits per heavy atom. The summed E-state index contributed by atoms with van der Waals surface area (Å²) in [6.07, 6.45) is 0.